The maximum absolute atomic E-state index is 13.7. The monoisotopic (exact) mass is 726 g/mol. The molecule has 11 atom stereocenters. The quantitative estimate of drug-likeness (QED) is 0.185. The number of carbonyl (C=O) groups is 4. The molecule has 3 aliphatic rings. The Morgan fingerprint density at radius 2 is 1.50 bits per heavy atom. The highest BCUT2D eigenvalue weighted by atomic mass is 16.8. The van der Waals surface area contributed by atoms with Crippen LogP contribution in [0.15, 0.2) is 60.7 Å². The van der Waals surface area contributed by atoms with Crippen LogP contribution in [0.5, 0.6) is 0 Å². The third-order valence-electron chi connectivity index (χ3n) is 10.1. The number of esters is 4. The Morgan fingerprint density at radius 3 is 2.08 bits per heavy atom. The van der Waals surface area contributed by atoms with Gasteiger partial charge in [0.2, 0.25) is 0 Å². The van der Waals surface area contributed by atoms with Gasteiger partial charge in [0.25, 0.3) is 5.79 Å². The second-order valence-electron chi connectivity index (χ2n) is 13.7. The van der Waals surface area contributed by atoms with E-state index in [1.807, 2.05) is 67.6 Å². The van der Waals surface area contributed by atoms with Crippen LogP contribution in [0.3, 0.4) is 0 Å². The lowest BCUT2D eigenvalue weighted by Gasteiger charge is -2.48. The Balaban J connectivity index is 1.40. The Kier molecular flexibility index (Phi) is 13.4. The van der Waals surface area contributed by atoms with Crippen LogP contribution in [0.25, 0.3) is 0 Å². The molecule has 0 radical (unpaired) electrons. The molecule has 5 rings (SSSR count). The topological polar surface area (TPSA) is 151 Å². The molecule has 52 heavy (non-hydrogen) atoms. The first kappa shape index (κ1) is 39.3. The van der Waals surface area contributed by atoms with Crippen molar-refractivity contribution in [2.24, 2.45) is 17.8 Å². The van der Waals surface area contributed by atoms with Crippen molar-refractivity contribution in [2.75, 3.05) is 13.7 Å². The van der Waals surface area contributed by atoms with Crippen molar-refractivity contribution < 1.29 is 61.8 Å². The molecule has 4 unspecified atom stereocenters. The molecule has 3 heterocycles. The van der Waals surface area contributed by atoms with Gasteiger partial charge in [-0.15, -0.1) is 0 Å². The third-order valence-corrected chi connectivity index (χ3v) is 10.1. The number of hydrogen-bond acceptors (Lipinski definition) is 13. The number of ether oxygens (including phenoxy) is 9. The highest BCUT2D eigenvalue weighted by Gasteiger charge is 2.61. The van der Waals surface area contributed by atoms with E-state index in [4.69, 9.17) is 42.6 Å². The first-order valence-corrected chi connectivity index (χ1v) is 17.8. The summed E-state index contributed by atoms with van der Waals surface area (Å²) >= 11 is 0. The first-order chi connectivity index (χ1) is 24.9. The van der Waals surface area contributed by atoms with Crippen LogP contribution in [0.4, 0.5) is 0 Å². The molecule has 3 aliphatic heterocycles. The maximum Gasteiger partial charge on any atom is 0.366 e. The molecule has 0 bridgehead atoms. The Morgan fingerprint density at radius 1 is 0.885 bits per heavy atom. The molecule has 2 aromatic carbocycles. The second kappa shape index (κ2) is 17.8. The zero-order valence-electron chi connectivity index (χ0n) is 30.6. The number of carbonyl (C=O) groups excluding carboxylic acids is 4. The molecule has 0 aromatic heterocycles. The summed E-state index contributed by atoms with van der Waals surface area (Å²) in [7, 11) is 1.19. The van der Waals surface area contributed by atoms with E-state index in [1.54, 1.807) is 6.92 Å². The van der Waals surface area contributed by atoms with Gasteiger partial charge in [0, 0.05) is 19.8 Å². The Bertz CT molecular complexity index is 1500. The smallest absolute Gasteiger partial charge is 0.366 e. The van der Waals surface area contributed by atoms with Gasteiger partial charge in [-0.05, 0) is 29.4 Å². The number of fused-ring (bicyclic) bond motifs is 1. The molecule has 0 aliphatic carbocycles. The maximum atomic E-state index is 13.7. The molecule has 3 saturated heterocycles. The largest absolute Gasteiger partial charge is 0.465 e. The summed E-state index contributed by atoms with van der Waals surface area (Å²) in [6.45, 7) is 8.76. The second-order valence-corrected chi connectivity index (χ2v) is 13.7. The zero-order chi connectivity index (χ0) is 37.4. The van der Waals surface area contributed by atoms with E-state index >= 15 is 0 Å². The van der Waals surface area contributed by atoms with E-state index in [0.29, 0.717) is 6.61 Å². The van der Waals surface area contributed by atoms with E-state index in [0.717, 1.165) is 11.1 Å². The van der Waals surface area contributed by atoms with Crippen LogP contribution in [0, 0.1) is 17.8 Å². The molecule has 0 N–H and O–H groups in total. The van der Waals surface area contributed by atoms with Gasteiger partial charge in [-0.25, -0.2) is 4.79 Å². The Labute approximate surface area is 304 Å². The fraction of sp³-hybridized carbons (Fsp3) is 0.590. The van der Waals surface area contributed by atoms with Crippen LogP contribution >= 0.6 is 0 Å². The molecule has 0 saturated carbocycles. The van der Waals surface area contributed by atoms with E-state index < -0.39 is 78.5 Å². The molecule has 0 spiro atoms. The summed E-state index contributed by atoms with van der Waals surface area (Å²) in [5, 5.41) is 0. The fourth-order valence-electron chi connectivity index (χ4n) is 7.21. The summed E-state index contributed by atoms with van der Waals surface area (Å²) in [4.78, 5) is 50.8. The molecule has 13 nitrogen and oxygen atoms in total. The molecular weight excluding hydrogens is 676 g/mol. The van der Waals surface area contributed by atoms with E-state index in [1.165, 1.54) is 21.0 Å². The summed E-state index contributed by atoms with van der Waals surface area (Å²) in [6.07, 6.45) is -5.96. The van der Waals surface area contributed by atoms with Gasteiger partial charge in [-0.3, -0.25) is 14.4 Å². The van der Waals surface area contributed by atoms with Crippen LogP contribution < -0.4 is 0 Å². The van der Waals surface area contributed by atoms with Gasteiger partial charge < -0.3 is 42.6 Å². The Hall–Kier alpha value is -3.88. The predicted octanol–water partition coefficient (Wildman–Crippen LogP) is 4.67. The average Bonchev–Trinajstić information content (AvgIpc) is 3.52. The lowest BCUT2D eigenvalue weighted by Crippen LogP contribution is -2.62. The lowest BCUT2D eigenvalue weighted by atomic mass is 9.82. The van der Waals surface area contributed by atoms with Gasteiger partial charge in [0.05, 0.1) is 45.9 Å². The van der Waals surface area contributed by atoms with Crippen LogP contribution in [-0.4, -0.2) is 86.3 Å². The van der Waals surface area contributed by atoms with E-state index in [9.17, 15) is 19.2 Å². The van der Waals surface area contributed by atoms with Gasteiger partial charge in [-0.2, -0.15) is 0 Å². The summed E-state index contributed by atoms with van der Waals surface area (Å²) in [5.74, 6) is -5.60. The van der Waals surface area contributed by atoms with Gasteiger partial charge in [0.1, 0.15) is 24.4 Å². The van der Waals surface area contributed by atoms with Crippen LogP contribution in [0.1, 0.15) is 65.0 Å². The summed E-state index contributed by atoms with van der Waals surface area (Å²) in [5.41, 5.74) is 1.97. The lowest BCUT2D eigenvalue weighted by molar-refractivity contribution is -0.336. The van der Waals surface area contributed by atoms with Crippen molar-refractivity contribution in [3.8, 4) is 0 Å². The van der Waals surface area contributed by atoms with Crippen LogP contribution in [-0.2, 0) is 75.0 Å². The average molecular weight is 727 g/mol. The van der Waals surface area contributed by atoms with Crippen molar-refractivity contribution in [3.05, 3.63) is 71.8 Å². The van der Waals surface area contributed by atoms with Crippen LogP contribution in [0.2, 0.25) is 0 Å². The van der Waals surface area contributed by atoms with Crippen molar-refractivity contribution >= 4 is 23.9 Å². The van der Waals surface area contributed by atoms with Gasteiger partial charge in [0.15, 0.2) is 12.4 Å². The molecule has 0 amide bonds. The minimum absolute atomic E-state index is 0.0635. The SMILES string of the molecule is CC[C@@H](OC(C)=O)[C@@H](OC(C)=O)C1O[C@@](OCC2OC(OCc3ccccc3)C(OCc3ccccc3)[C@@H](C)[C@@H]2C)(C(=O)OC)C[C@H]2OC(=O)C[C@@H]12. The minimum atomic E-state index is -2.09. The molecule has 284 valence electrons. The molecule has 3 fully saturated rings. The van der Waals surface area contributed by atoms with Gasteiger partial charge in [-0.1, -0.05) is 81.4 Å². The highest BCUT2D eigenvalue weighted by molar-refractivity contribution is 5.79. The minimum Gasteiger partial charge on any atom is -0.465 e. The molecule has 2 aromatic rings. The van der Waals surface area contributed by atoms with Crippen molar-refractivity contribution in [3.63, 3.8) is 0 Å². The number of benzene rings is 2. The van der Waals surface area contributed by atoms with E-state index in [2.05, 4.69) is 6.92 Å². The highest BCUT2D eigenvalue weighted by Crippen LogP contribution is 2.45. The van der Waals surface area contributed by atoms with Crippen molar-refractivity contribution in [1.29, 1.82) is 0 Å². The van der Waals surface area contributed by atoms with Crippen molar-refractivity contribution in [1.82, 2.24) is 0 Å². The first-order valence-electron chi connectivity index (χ1n) is 17.8. The standard InChI is InChI=1S/C39H50O13/c1-7-30(48-25(4)40)36(49-26(5)41)35-29-18-33(42)50-31(29)19-39(52-35,38(43)44-6)47-22-32-23(2)24(3)34(45-20-27-14-10-8-11-15-27)37(51-32)46-21-28-16-12-9-13-17-28/h8-17,23-24,29-32,34-37H,7,18-22H2,1-6H3/t23-,24-,29+,30+,31+,32?,34?,35?,36+,37?,39+/m0/s1. The van der Waals surface area contributed by atoms with E-state index in [-0.39, 0.29) is 44.3 Å². The molecule has 13 heteroatoms. The predicted molar refractivity (Wildman–Crippen MR) is 183 cm³/mol. The normalized spacial score (nSPS) is 31.1. The number of methoxy groups -OCH3 is 1. The zero-order valence-corrected chi connectivity index (χ0v) is 30.6. The van der Waals surface area contributed by atoms with Crippen molar-refractivity contribution in [2.45, 2.75) is 116 Å². The third kappa shape index (κ3) is 9.37. The fourth-order valence-corrected chi connectivity index (χ4v) is 7.21. The molecular formula is C39H50O13. The number of rotatable bonds is 15. The number of hydrogen-bond donors (Lipinski definition) is 0. The summed E-state index contributed by atoms with van der Waals surface area (Å²) in [6, 6.07) is 19.6. The van der Waals surface area contributed by atoms with Gasteiger partial charge >= 0.3 is 23.9 Å². The summed E-state index contributed by atoms with van der Waals surface area (Å²) < 4.78 is 54.4.